The van der Waals surface area contributed by atoms with Gasteiger partial charge in [0.05, 0.1) is 0 Å². The molecule has 6 heavy (non-hydrogen) atoms. The van der Waals surface area contributed by atoms with Crippen molar-refractivity contribution < 1.29 is 117 Å². The molecule has 0 unspecified atom stereocenters. The van der Waals surface area contributed by atoms with Crippen LogP contribution in [0.3, 0.4) is 0 Å². The fourth-order valence-corrected chi connectivity index (χ4v) is 0. The maximum atomic E-state index is 8.48. The summed E-state index contributed by atoms with van der Waals surface area (Å²) >= 11 is 0. The van der Waals surface area contributed by atoms with Crippen LogP contribution in [0.4, 0.5) is 0 Å². The molecular formula is K2O3P-. The zero-order chi connectivity index (χ0) is 3.58. The van der Waals surface area contributed by atoms with E-state index < -0.39 is 8.60 Å². The third kappa shape index (κ3) is 25.6. The Balaban J connectivity index is -0.0000000450. The van der Waals surface area contributed by atoms with Crippen LogP contribution in [-0.4, -0.2) is 0 Å². The molecule has 0 aliphatic heterocycles. The first kappa shape index (κ1) is 16.3. The first-order valence-electron chi connectivity index (χ1n) is 0.548. The third-order valence-electron chi connectivity index (χ3n) is 0. The van der Waals surface area contributed by atoms with Gasteiger partial charge in [-0.15, -0.1) is 0 Å². The minimum Gasteiger partial charge on any atom is -0.854 e. The number of hydrogen-bond acceptors (Lipinski definition) is 3. The quantitative estimate of drug-likeness (QED) is 0.259. The largest absolute Gasteiger partial charge is 1.00 e. The van der Waals surface area contributed by atoms with Gasteiger partial charge < -0.3 is 23.3 Å². The fourth-order valence-electron chi connectivity index (χ4n) is 0. The van der Waals surface area contributed by atoms with Crippen molar-refractivity contribution in [1.29, 1.82) is 0 Å². The van der Waals surface area contributed by atoms with Crippen LogP contribution in [0.1, 0.15) is 0 Å². The molecule has 26 valence electrons. The fraction of sp³-hybridized carbons (Fsp3) is 0. The van der Waals surface area contributed by atoms with Crippen molar-refractivity contribution in [3.63, 3.8) is 0 Å². The summed E-state index contributed by atoms with van der Waals surface area (Å²) in [7, 11) is -3.37. The second-order valence-electron chi connectivity index (χ2n) is 0.224. The number of hydrogen-bond donors (Lipinski definition) is 0. The molecule has 0 saturated carbocycles. The van der Waals surface area contributed by atoms with Crippen LogP contribution in [0.15, 0.2) is 0 Å². The Labute approximate surface area is 122 Å². The molecule has 0 radical (unpaired) electrons. The first-order valence-corrected chi connectivity index (χ1v) is 1.64. The summed E-state index contributed by atoms with van der Waals surface area (Å²) in [6.45, 7) is 0. The van der Waals surface area contributed by atoms with E-state index in [1.165, 1.54) is 0 Å². The van der Waals surface area contributed by atoms with Gasteiger partial charge in [0, 0.05) is 0 Å². The second-order valence-corrected chi connectivity index (χ2v) is 0.671. The van der Waals surface area contributed by atoms with Gasteiger partial charge in [-0.2, -0.15) is 0 Å². The van der Waals surface area contributed by atoms with Gasteiger partial charge in [0.2, 0.25) is 0 Å². The summed E-state index contributed by atoms with van der Waals surface area (Å²) in [5.74, 6) is 0. The monoisotopic (exact) mass is 157 g/mol. The van der Waals surface area contributed by atoms with E-state index in [1.54, 1.807) is 0 Å². The van der Waals surface area contributed by atoms with Crippen LogP contribution in [0, 0.1) is 0 Å². The van der Waals surface area contributed by atoms with E-state index in [1.807, 2.05) is 0 Å². The van der Waals surface area contributed by atoms with E-state index in [4.69, 9.17) is 14.7 Å². The van der Waals surface area contributed by atoms with Gasteiger partial charge in [0.15, 0.2) is 0 Å². The predicted octanol–water partition coefficient (Wildman–Crippen LogP) is -8.70. The topological polar surface area (TPSA) is 69.2 Å². The molecule has 0 aliphatic carbocycles. The second kappa shape index (κ2) is 11.4. The molecule has 0 rings (SSSR count). The van der Waals surface area contributed by atoms with Gasteiger partial charge in [0.25, 0.3) is 0 Å². The minimum atomic E-state index is -3.37. The molecule has 0 amide bonds. The summed E-state index contributed by atoms with van der Waals surface area (Å²) in [4.78, 5) is 25.4. The average Bonchev–Trinajstić information content (AvgIpc) is 0.811. The Morgan fingerprint density at radius 2 is 0.833 bits per heavy atom. The molecule has 0 heterocycles. The summed E-state index contributed by atoms with van der Waals surface area (Å²) in [6.07, 6.45) is 0. The molecule has 0 aromatic heterocycles. The van der Waals surface area contributed by atoms with Crippen LogP contribution < -0.4 is 117 Å². The van der Waals surface area contributed by atoms with Gasteiger partial charge in [-0.25, -0.2) is 0 Å². The van der Waals surface area contributed by atoms with E-state index in [-0.39, 0.29) is 103 Å². The predicted molar refractivity (Wildman–Crippen MR) is 6.92 cm³/mol. The molecule has 3 nitrogen and oxygen atoms in total. The molecule has 6 heteroatoms. The van der Waals surface area contributed by atoms with Crippen molar-refractivity contribution in [3.05, 3.63) is 0 Å². The average molecular weight is 157 g/mol. The first-order chi connectivity index (χ1) is 1.73. The van der Waals surface area contributed by atoms with E-state index in [2.05, 4.69) is 0 Å². The van der Waals surface area contributed by atoms with Crippen LogP contribution in [0.5, 0.6) is 0 Å². The SMILES string of the molecule is [K+].[K+].[O-]P([O-])[O-]. The van der Waals surface area contributed by atoms with E-state index in [0.29, 0.717) is 0 Å². The Morgan fingerprint density at radius 3 is 0.833 bits per heavy atom. The molecule has 0 fully saturated rings. The molecule has 0 aliphatic rings. The molecule has 0 aromatic rings. The third-order valence-corrected chi connectivity index (χ3v) is 0. The van der Waals surface area contributed by atoms with Crippen LogP contribution >= 0.6 is 8.60 Å². The Kier molecular flexibility index (Phi) is 30.9. The van der Waals surface area contributed by atoms with Crippen molar-refractivity contribution in [1.82, 2.24) is 0 Å². The van der Waals surface area contributed by atoms with Gasteiger partial charge in [-0.3, -0.25) is 0 Å². The summed E-state index contributed by atoms with van der Waals surface area (Å²) in [5.41, 5.74) is 0. The summed E-state index contributed by atoms with van der Waals surface area (Å²) in [5, 5.41) is 0. The van der Waals surface area contributed by atoms with Gasteiger partial charge >= 0.3 is 103 Å². The van der Waals surface area contributed by atoms with Gasteiger partial charge in [-0.05, 0) is 0 Å². The number of rotatable bonds is 0. The smallest absolute Gasteiger partial charge is 0.854 e. The van der Waals surface area contributed by atoms with Crippen molar-refractivity contribution in [3.8, 4) is 0 Å². The van der Waals surface area contributed by atoms with Crippen LogP contribution in [0.25, 0.3) is 0 Å². The Hall–Kier alpha value is 3.58. The Bertz CT molecular complexity index is 13.5. The molecular weight excluding hydrogens is 157 g/mol. The van der Waals surface area contributed by atoms with E-state index in [9.17, 15) is 0 Å². The van der Waals surface area contributed by atoms with Crippen LogP contribution in [0.2, 0.25) is 0 Å². The van der Waals surface area contributed by atoms with Gasteiger partial charge in [-0.1, -0.05) is 0 Å². The maximum absolute atomic E-state index is 8.48. The minimum absolute atomic E-state index is 0. The maximum Gasteiger partial charge on any atom is 1.00 e. The van der Waals surface area contributed by atoms with E-state index in [0.717, 1.165) is 0 Å². The normalized spacial score (nSPS) is 6.00. The molecule has 0 spiro atoms. The summed E-state index contributed by atoms with van der Waals surface area (Å²) < 4.78 is 0. The standard InChI is InChI=1S/2K.O3P/c;;1-4(2)3/q2*+1;-3. The molecule has 0 N–H and O–H groups in total. The van der Waals surface area contributed by atoms with Crippen molar-refractivity contribution in [2.45, 2.75) is 0 Å². The Morgan fingerprint density at radius 1 is 0.833 bits per heavy atom. The molecule has 0 aromatic carbocycles. The summed E-state index contributed by atoms with van der Waals surface area (Å²) in [6, 6.07) is 0. The van der Waals surface area contributed by atoms with Crippen molar-refractivity contribution in [2.75, 3.05) is 0 Å². The van der Waals surface area contributed by atoms with Crippen molar-refractivity contribution in [2.24, 2.45) is 0 Å². The van der Waals surface area contributed by atoms with E-state index >= 15 is 0 Å². The van der Waals surface area contributed by atoms with Crippen LogP contribution in [-0.2, 0) is 0 Å². The molecule has 0 bridgehead atoms. The molecule has 0 saturated heterocycles. The van der Waals surface area contributed by atoms with Gasteiger partial charge in [0.1, 0.15) is 0 Å². The van der Waals surface area contributed by atoms with Crippen molar-refractivity contribution >= 4 is 8.60 Å². The zero-order valence-electron chi connectivity index (χ0n) is 3.67. The zero-order valence-corrected chi connectivity index (χ0v) is 10.8. The molecule has 0 atom stereocenters.